The lowest BCUT2D eigenvalue weighted by molar-refractivity contribution is 0.170. The Balaban J connectivity index is 1.17. The van der Waals surface area contributed by atoms with E-state index in [1.807, 2.05) is 36.4 Å². The van der Waals surface area contributed by atoms with Gasteiger partial charge in [-0.05, 0) is 84.3 Å². The summed E-state index contributed by atoms with van der Waals surface area (Å²) in [6.07, 6.45) is 8.04. The highest BCUT2D eigenvalue weighted by Crippen LogP contribution is 2.55. The highest BCUT2D eigenvalue weighted by atomic mass is 16.5. The molecule has 4 aromatic carbocycles. The molecular formula is C54H59N3O8. The summed E-state index contributed by atoms with van der Waals surface area (Å²) in [5.41, 5.74) is 7.15. The van der Waals surface area contributed by atoms with E-state index in [4.69, 9.17) is 23.9 Å². The smallest absolute Gasteiger partial charge is 0.335 e. The highest BCUT2D eigenvalue weighted by Gasteiger charge is 2.43. The number of hydrogen-bond donors (Lipinski definition) is 4. The standard InChI is InChI=1S/C54H58N3O8/c1-54(23-6-7-24-54)46-32-43-38-13-8-12-36(30-38)31-39(15-18-40-34-57(26-25-55-40)53(43)56-46)47-49-48(44(61)33-45(65-49)37-16-20-41(59)21-17-37)51(52(62-2)50(47)63-28-9-27-58)64-29-22-42(60)19-14-35-10-4-3-5-11-35/h3-5,8,10-14,16-17,19-21,30,32,39-40,42,45,55,58-60H,6-7,9,22-29,31,33-34H2,1-2H3/q-1/p+1/b19-14+/t39-,40+,42+,45?/m1/s1. The normalized spacial score (nSPS) is 20.3. The Morgan fingerprint density at radius 1 is 0.969 bits per heavy atom. The number of fused-ring (bicyclic) bond motifs is 8. The average Bonchev–Trinajstić information content (AvgIpc) is 3.99. The minimum atomic E-state index is -0.812. The van der Waals surface area contributed by atoms with Crippen molar-refractivity contribution in [3.63, 3.8) is 0 Å². The molecule has 0 spiro atoms. The molecule has 11 heteroatoms. The summed E-state index contributed by atoms with van der Waals surface area (Å²) >= 11 is 0. The summed E-state index contributed by atoms with van der Waals surface area (Å²) < 4.78 is 26.5. The number of phenols is 1. The summed E-state index contributed by atoms with van der Waals surface area (Å²) in [4.78, 5) is 20.0. The van der Waals surface area contributed by atoms with E-state index in [1.165, 1.54) is 25.6 Å². The lowest BCUT2D eigenvalue weighted by Crippen LogP contribution is -2.50. The molecule has 0 radical (unpaired) electrons. The minimum Gasteiger partial charge on any atom is -0.508 e. The summed E-state index contributed by atoms with van der Waals surface area (Å²) in [6.45, 7) is 4.69. The Hall–Kier alpha value is -6.19. The van der Waals surface area contributed by atoms with E-state index in [2.05, 4.69) is 59.3 Å². The first-order chi connectivity index (χ1) is 31.7. The number of methoxy groups -OCH3 is 1. The van der Waals surface area contributed by atoms with E-state index >= 15 is 0 Å². The number of anilines is 1. The van der Waals surface area contributed by atoms with Gasteiger partial charge in [-0.25, -0.2) is 0 Å². The second-order valence-corrected chi connectivity index (χ2v) is 17.9. The fourth-order valence-electron chi connectivity index (χ4n) is 9.74. The van der Waals surface area contributed by atoms with Gasteiger partial charge >= 0.3 is 5.78 Å². The molecule has 11 nitrogen and oxygen atoms in total. The van der Waals surface area contributed by atoms with Gasteiger partial charge in [-0.1, -0.05) is 128 Å². The second kappa shape index (κ2) is 19.5. The van der Waals surface area contributed by atoms with Gasteiger partial charge in [0.1, 0.15) is 24.0 Å². The van der Waals surface area contributed by atoms with Crippen molar-refractivity contribution >= 4 is 17.7 Å². The number of aromatic hydroxyl groups is 1. The lowest BCUT2D eigenvalue weighted by Gasteiger charge is -2.41. The molecule has 4 bridgehead atoms. The first-order valence-electron chi connectivity index (χ1n) is 23.0. The molecule has 5 N–H and O–H groups in total. The van der Waals surface area contributed by atoms with Crippen LogP contribution in [-0.2, 0) is 11.8 Å². The SMILES string of the molecule is COc1c(OCC[C@@H](O)/C=C/c2ccccc2)c2c(c([C@@H]3C#C[C@H]4CN(CCN4)c4[n-]c(C5(C)CCCC5)cc4-c4cccc(c4)C3)c1OCCCO)OC(c1ccc(O)cc1)CC2=[OH+]. The van der Waals surface area contributed by atoms with Gasteiger partial charge in [-0.2, -0.15) is 0 Å². The molecule has 4 heterocycles. The molecule has 5 aromatic rings. The number of ether oxygens (including phenoxy) is 4. The van der Waals surface area contributed by atoms with E-state index < -0.39 is 18.1 Å². The Morgan fingerprint density at radius 3 is 2.55 bits per heavy atom. The molecular weight excluding hydrogens is 819 g/mol. The number of piperazine rings is 1. The van der Waals surface area contributed by atoms with Crippen molar-refractivity contribution in [3.8, 4) is 51.7 Å². The zero-order chi connectivity index (χ0) is 44.9. The number of hydrogen-bond acceptors (Lipinski definition) is 9. The number of benzene rings is 4. The van der Waals surface area contributed by atoms with Crippen molar-refractivity contribution in [1.82, 2.24) is 10.3 Å². The molecule has 1 aromatic heterocycles. The maximum absolute atomic E-state index is 12.2. The van der Waals surface area contributed by atoms with Crippen LogP contribution in [0, 0.1) is 11.8 Å². The third kappa shape index (κ3) is 9.48. The third-order valence-corrected chi connectivity index (χ3v) is 13.3. The van der Waals surface area contributed by atoms with Crippen molar-refractivity contribution in [3.05, 3.63) is 125 Å². The van der Waals surface area contributed by atoms with E-state index in [-0.39, 0.29) is 67.2 Å². The quantitative estimate of drug-likeness (QED) is 0.0492. The summed E-state index contributed by atoms with van der Waals surface area (Å²) in [5, 5.41) is 34.8. The third-order valence-electron chi connectivity index (χ3n) is 13.3. The second-order valence-electron chi connectivity index (χ2n) is 17.9. The monoisotopic (exact) mass is 877 g/mol. The molecule has 338 valence electrons. The van der Waals surface area contributed by atoms with Crippen LogP contribution in [0.25, 0.3) is 17.2 Å². The number of aliphatic hydroxyl groups excluding tert-OH is 2. The van der Waals surface area contributed by atoms with Crippen LogP contribution in [0.15, 0.2) is 91.0 Å². The van der Waals surface area contributed by atoms with E-state index in [0.717, 1.165) is 59.6 Å². The molecule has 4 atom stereocenters. The molecule has 1 saturated heterocycles. The summed E-state index contributed by atoms with van der Waals surface area (Å²) in [6, 6.07) is 27.3. The van der Waals surface area contributed by atoms with Crippen LogP contribution in [0.4, 0.5) is 5.82 Å². The van der Waals surface area contributed by atoms with Gasteiger partial charge in [0, 0.05) is 19.4 Å². The molecule has 2 fully saturated rings. The van der Waals surface area contributed by atoms with Crippen LogP contribution in [-0.4, -0.2) is 84.6 Å². The van der Waals surface area contributed by atoms with Crippen LogP contribution in [0.3, 0.4) is 0 Å². The first-order valence-corrected chi connectivity index (χ1v) is 23.0. The zero-order valence-corrected chi connectivity index (χ0v) is 37.3. The molecule has 1 saturated carbocycles. The number of nitrogens with one attached hydrogen (secondary N) is 1. The van der Waals surface area contributed by atoms with E-state index in [0.29, 0.717) is 42.0 Å². The van der Waals surface area contributed by atoms with Crippen LogP contribution < -0.4 is 34.1 Å². The number of aromatic nitrogens is 1. The van der Waals surface area contributed by atoms with Crippen LogP contribution >= 0.6 is 0 Å². The zero-order valence-electron chi connectivity index (χ0n) is 37.3. The van der Waals surface area contributed by atoms with Gasteiger partial charge in [0.2, 0.25) is 5.75 Å². The number of phenolic OH excluding ortho intramolecular Hbond substituents is 1. The molecule has 1 unspecified atom stereocenters. The predicted octanol–water partition coefficient (Wildman–Crippen LogP) is 8.00. The van der Waals surface area contributed by atoms with Gasteiger partial charge in [0.15, 0.2) is 17.1 Å². The first kappa shape index (κ1) is 44.0. The summed E-state index contributed by atoms with van der Waals surface area (Å²) in [7, 11) is 1.54. The molecule has 3 aliphatic heterocycles. The van der Waals surface area contributed by atoms with Crippen molar-refractivity contribution in [2.24, 2.45) is 0 Å². The number of rotatable bonds is 14. The summed E-state index contributed by atoms with van der Waals surface area (Å²) in [5.74, 6) is 9.11. The van der Waals surface area contributed by atoms with Crippen molar-refractivity contribution < 1.29 is 39.1 Å². The minimum absolute atomic E-state index is 0.0287. The lowest BCUT2D eigenvalue weighted by atomic mass is 9.84. The Kier molecular flexibility index (Phi) is 13.2. The molecule has 1 aliphatic carbocycles. The molecule has 65 heavy (non-hydrogen) atoms. The Morgan fingerprint density at radius 2 is 1.77 bits per heavy atom. The molecule has 4 aliphatic rings. The van der Waals surface area contributed by atoms with Gasteiger partial charge in [-0.15, -0.1) is 0 Å². The maximum atomic E-state index is 12.2. The van der Waals surface area contributed by atoms with Gasteiger partial charge in [0.25, 0.3) is 0 Å². The number of carbonyl (C=O) groups excluding carboxylic acids is 1. The largest absolute Gasteiger partial charge is 0.508 e. The molecule has 9 rings (SSSR count). The topological polar surface area (TPSA) is 148 Å². The van der Waals surface area contributed by atoms with Crippen molar-refractivity contribution in [2.75, 3.05) is 51.5 Å². The van der Waals surface area contributed by atoms with Crippen molar-refractivity contribution in [1.29, 1.82) is 0 Å². The van der Waals surface area contributed by atoms with Gasteiger partial charge in [-0.3, -0.25) is 4.79 Å². The van der Waals surface area contributed by atoms with Crippen molar-refractivity contribution in [2.45, 2.75) is 87.9 Å². The molecule has 0 amide bonds. The Labute approximate surface area is 381 Å². The van der Waals surface area contributed by atoms with E-state index in [9.17, 15) is 20.1 Å². The van der Waals surface area contributed by atoms with Gasteiger partial charge < -0.3 is 49.5 Å². The predicted molar refractivity (Wildman–Crippen MR) is 253 cm³/mol. The van der Waals surface area contributed by atoms with E-state index in [1.54, 1.807) is 30.3 Å². The van der Waals surface area contributed by atoms with Crippen LogP contribution in [0.2, 0.25) is 0 Å². The Bertz CT molecular complexity index is 2570. The fraction of sp³-hybridized carbons (Fsp3) is 0.389. The van der Waals surface area contributed by atoms with Gasteiger partial charge in [0.05, 0.1) is 44.0 Å². The highest BCUT2D eigenvalue weighted by molar-refractivity contribution is 6.05. The van der Waals surface area contributed by atoms with Crippen LogP contribution in [0.5, 0.6) is 28.7 Å². The fourth-order valence-corrected chi connectivity index (χ4v) is 9.74. The number of ketones is 1. The van der Waals surface area contributed by atoms with Crippen LogP contribution in [0.1, 0.15) is 97.4 Å². The number of nitrogens with zero attached hydrogens (tertiary/aromatic N) is 2. The average molecular weight is 878 g/mol. The maximum Gasteiger partial charge on any atom is 0.335 e. The number of aliphatic hydroxyl groups is 2.